The minimum Gasteiger partial charge on any atom is -0.481 e. The molecular weight excluding hydrogens is 428 g/mol. The minimum absolute atomic E-state index is 0.0399. The third kappa shape index (κ3) is 19.9. The monoisotopic (exact) mass is 470 g/mol. The summed E-state index contributed by atoms with van der Waals surface area (Å²) in [6, 6.07) is 0. The van der Waals surface area contributed by atoms with Crippen molar-refractivity contribution in [1.29, 1.82) is 0 Å². The maximum absolute atomic E-state index is 12.0. The first kappa shape index (κ1) is 30.6. The topological polar surface area (TPSA) is 150 Å². The molecule has 0 fully saturated rings. The Bertz CT molecular complexity index is 608. The lowest BCUT2D eigenvalue weighted by Crippen LogP contribution is -2.29. The van der Waals surface area contributed by atoms with Crippen molar-refractivity contribution in [3.05, 3.63) is 0 Å². The molecule has 0 bridgehead atoms. The zero-order valence-electron chi connectivity index (χ0n) is 20.0. The highest BCUT2D eigenvalue weighted by Gasteiger charge is 2.20. The van der Waals surface area contributed by atoms with E-state index in [0.29, 0.717) is 38.5 Å². The van der Waals surface area contributed by atoms with Gasteiger partial charge in [-0.25, -0.2) is 0 Å². The second-order valence-corrected chi connectivity index (χ2v) is 8.52. The van der Waals surface area contributed by atoms with Gasteiger partial charge in [-0.2, -0.15) is 0 Å². The fraction of sp³-hybridized carbons (Fsp3) is 0.792. The summed E-state index contributed by atoms with van der Waals surface area (Å²) >= 11 is 0. The van der Waals surface area contributed by atoms with Crippen LogP contribution in [0.15, 0.2) is 0 Å². The molecule has 4 N–H and O–H groups in total. The molecule has 0 aromatic heterocycles. The number of hydrogen-bond donors (Lipinski definition) is 4. The number of aliphatic carboxylic acids is 2. The van der Waals surface area contributed by atoms with Crippen molar-refractivity contribution in [1.82, 2.24) is 10.6 Å². The Morgan fingerprint density at radius 1 is 0.667 bits per heavy atom. The largest absolute Gasteiger partial charge is 0.481 e. The minimum atomic E-state index is -1.01. The molecule has 0 aliphatic rings. The average molecular weight is 471 g/mol. The normalized spacial score (nSPS) is 11.5. The predicted molar refractivity (Wildman–Crippen MR) is 125 cm³/mol. The van der Waals surface area contributed by atoms with Crippen LogP contribution < -0.4 is 10.6 Å². The first-order valence-corrected chi connectivity index (χ1v) is 12.2. The van der Waals surface area contributed by atoms with Gasteiger partial charge < -0.3 is 20.8 Å². The molecule has 9 nitrogen and oxygen atoms in total. The molecule has 0 aliphatic heterocycles. The van der Waals surface area contributed by atoms with Gasteiger partial charge in [0.15, 0.2) is 0 Å². The fourth-order valence-electron chi connectivity index (χ4n) is 3.53. The molecule has 0 heterocycles. The third-order valence-corrected chi connectivity index (χ3v) is 5.57. The molecule has 190 valence electrons. The summed E-state index contributed by atoms with van der Waals surface area (Å²) in [6.45, 7) is 0.220. The number of nitrogens with one attached hydrogen (secondary N) is 2. The van der Waals surface area contributed by atoms with Crippen molar-refractivity contribution < 1.29 is 34.2 Å². The van der Waals surface area contributed by atoms with E-state index in [4.69, 9.17) is 5.11 Å². The molecule has 1 atom stereocenters. The summed E-state index contributed by atoms with van der Waals surface area (Å²) in [5, 5.41) is 23.0. The highest BCUT2D eigenvalue weighted by atomic mass is 16.4. The molecule has 0 aliphatic carbocycles. The Morgan fingerprint density at radius 2 is 1.21 bits per heavy atom. The molecule has 0 aromatic carbocycles. The van der Waals surface area contributed by atoms with E-state index in [0.717, 1.165) is 51.4 Å². The number of carboxylic acids is 2. The van der Waals surface area contributed by atoms with E-state index < -0.39 is 17.9 Å². The lowest BCUT2D eigenvalue weighted by molar-refractivity contribution is -0.144. The van der Waals surface area contributed by atoms with Crippen LogP contribution in [-0.2, 0) is 24.0 Å². The van der Waals surface area contributed by atoms with Crippen LogP contribution in [0.1, 0.15) is 103 Å². The van der Waals surface area contributed by atoms with Gasteiger partial charge in [-0.15, -0.1) is 0 Å². The van der Waals surface area contributed by atoms with Crippen LogP contribution in [0.25, 0.3) is 0 Å². The van der Waals surface area contributed by atoms with Crippen LogP contribution in [0.2, 0.25) is 0 Å². The Balaban J connectivity index is 3.74. The number of unbranched alkanes of at least 4 members (excludes halogenated alkanes) is 7. The summed E-state index contributed by atoms with van der Waals surface area (Å²) in [5.41, 5.74) is 0. The molecule has 0 rings (SSSR count). The van der Waals surface area contributed by atoms with Gasteiger partial charge in [0, 0.05) is 45.7 Å². The molecule has 0 unspecified atom stereocenters. The molecule has 9 heteroatoms. The average Bonchev–Trinajstić information content (AvgIpc) is 2.76. The highest BCUT2D eigenvalue weighted by molar-refractivity contribution is 5.82. The number of ketones is 1. The molecule has 0 spiro atoms. The van der Waals surface area contributed by atoms with Crippen LogP contribution >= 0.6 is 0 Å². The summed E-state index contributed by atoms with van der Waals surface area (Å²) in [5.74, 6) is -2.77. The van der Waals surface area contributed by atoms with Crippen molar-refractivity contribution in [3.63, 3.8) is 0 Å². The van der Waals surface area contributed by atoms with Crippen molar-refractivity contribution in [2.75, 3.05) is 13.6 Å². The Morgan fingerprint density at radius 3 is 1.76 bits per heavy atom. The van der Waals surface area contributed by atoms with Gasteiger partial charge in [0.2, 0.25) is 11.8 Å². The van der Waals surface area contributed by atoms with Gasteiger partial charge in [0.1, 0.15) is 5.78 Å². The van der Waals surface area contributed by atoms with Gasteiger partial charge in [-0.3, -0.25) is 24.0 Å². The lowest BCUT2D eigenvalue weighted by Gasteiger charge is -2.12. The number of amides is 2. The number of carbonyl (C=O) groups is 5. The van der Waals surface area contributed by atoms with Crippen LogP contribution in [0.3, 0.4) is 0 Å². The first-order chi connectivity index (χ1) is 15.8. The van der Waals surface area contributed by atoms with E-state index >= 15 is 0 Å². The Labute approximate surface area is 197 Å². The van der Waals surface area contributed by atoms with Gasteiger partial charge in [-0.05, 0) is 32.1 Å². The number of rotatable bonds is 22. The lowest BCUT2D eigenvalue weighted by atomic mass is 9.96. The zero-order valence-corrected chi connectivity index (χ0v) is 20.0. The quantitative estimate of drug-likeness (QED) is 0.177. The summed E-state index contributed by atoms with van der Waals surface area (Å²) in [7, 11) is 1.64. The van der Waals surface area contributed by atoms with E-state index in [1.807, 2.05) is 0 Å². The van der Waals surface area contributed by atoms with Crippen LogP contribution in [0.5, 0.6) is 0 Å². The van der Waals surface area contributed by atoms with Gasteiger partial charge >= 0.3 is 11.9 Å². The Kier molecular flexibility index (Phi) is 18.7. The van der Waals surface area contributed by atoms with E-state index in [-0.39, 0.29) is 37.0 Å². The van der Waals surface area contributed by atoms with Crippen molar-refractivity contribution in [2.45, 2.75) is 103 Å². The van der Waals surface area contributed by atoms with Crippen LogP contribution in [0.4, 0.5) is 0 Å². The third-order valence-electron chi connectivity index (χ3n) is 5.57. The predicted octanol–water partition coefficient (Wildman–Crippen LogP) is 3.44. The van der Waals surface area contributed by atoms with Gasteiger partial charge in [0.25, 0.3) is 0 Å². The molecule has 0 saturated carbocycles. The molecule has 0 saturated heterocycles. The number of hydrogen-bond acceptors (Lipinski definition) is 5. The Hall–Kier alpha value is -2.45. The highest BCUT2D eigenvalue weighted by Crippen LogP contribution is 2.16. The van der Waals surface area contributed by atoms with Crippen LogP contribution in [0, 0.1) is 5.92 Å². The smallest absolute Gasteiger partial charge is 0.307 e. The molecule has 0 aromatic rings. The van der Waals surface area contributed by atoms with Crippen molar-refractivity contribution in [3.8, 4) is 0 Å². The summed E-state index contributed by atoms with van der Waals surface area (Å²) in [6.07, 6.45) is 10.3. The van der Waals surface area contributed by atoms with Crippen molar-refractivity contribution in [2.24, 2.45) is 5.92 Å². The summed E-state index contributed by atoms with van der Waals surface area (Å²) < 4.78 is 0. The standard InChI is InChI=1S/C24H42N2O7/c1-25-21(28)15-10-5-3-2-4-8-13-20(27)14-9-6-7-12-19(24(32)33)18-22(29)26-17-11-16-23(30)31/h19H,2-18H2,1H3,(H,25,28)(H,26,29)(H,30,31)(H,32,33)/t19-/m1/s1. The molecular formula is C24H42N2O7. The fourth-order valence-corrected chi connectivity index (χ4v) is 3.53. The second-order valence-electron chi connectivity index (χ2n) is 8.52. The maximum Gasteiger partial charge on any atom is 0.307 e. The molecule has 0 radical (unpaired) electrons. The van der Waals surface area contributed by atoms with Crippen LogP contribution in [-0.4, -0.2) is 53.3 Å². The summed E-state index contributed by atoms with van der Waals surface area (Å²) in [4.78, 5) is 56.7. The number of carbonyl (C=O) groups excluding carboxylic acids is 3. The number of Topliss-reactive ketones (excluding diaryl/α,β-unsaturated/α-hetero) is 1. The van der Waals surface area contributed by atoms with Crippen molar-refractivity contribution >= 4 is 29.5 Å². The SMILES string of the molecule is CNC(=O)CCCCCCCCC(=O)CCCCC[C@H](CC(=O)NCCCC(=O)O)C(=O)O. The van der Waals surface area contributed by atoms with Gasteiger partial charge in [-0.1, -0.05) is 38.5 Å². The molecule has 33 heavy (non-hydrogen) atoms. The van der Waals surface area contributed by atoms with Gasteiger partial charge in [0.05, 0.1) is 5.92 Å². The maximum atomic E-state index is 12.0. The first-order valence-electron chi connectivity index (χ1n) is 12.2. The zero-order chi connectivity index (χ0) is 24.9. The van der Waals surface area contributed by atoms with E-state index in [2.05, 4.69) is 10.6 Å². The molecule has 2 amide bonds. The van der Waals surface area contributed by atoms with E-state index in [9.17, 15) is 29.1 Å². The van der Waals surface area contributed by atoms with E-state index in [1.54, 1.807) is 7.05 Å². The second kappa shape index (κ2) is 20.2. The number of carboxylic acid groups (broad SMARTS) is 2. The van der Waals surface area contributed by atoms with E-state index in [1.165, 1.54) is 0 Å².